The van der Waals surface area contributed by atoms with Crippen molar-refractivity contribution in [1.29, 1.82) is 0 Å². The molecule has 1 aromatic heterocycles. The highest BCUT2D eigenvalue weighted by Gasteiger charge is 2.38. The maximum absolute atomic E-state index is 12.6. The molecule has 4 rings (SSSR count). The van der Waals surface area contributed by atoms with E-state index in [1.807, 2.05) is 30.3 Å². The molecule has 0 bridgehead atoms. The van der Waals surface area contributed by atoms with Crippen molar-refractivity contribution < 1.29 is 13.9 Å². The van der Waals surface area contributed by atoms with Crippen molar-refractivity contribution in [1.82, 2.24) is 9.80 Å². The molecule has 2 aromatic rings. The lowest BCUT2D eigenvalue weighted by Gasteiger charge is -2.47. The van der Waals surface area contributed by atoms with Gasteiger partial charge in [-0.05, 0) is 61.1 Å². The highest BCUT2D eigenvalue weighted by Crippen LogP contribution is 2.31. The number of ether oxygens (including phenoxy) is 1. The molecule has 3 heterocycles. The number of furan rings is 1. The third-order valence-corrected chi connectivity index (χ3v) is 6.19. The van der Waals surface area contributed by atoms with Gasteiger partial charge in [-0.3, -0.25) is 9.69 Å². The second-order valence-corrected chi connectivity index (χ2v) is 8.02. The van der Waals surface area contributed by atoms with E-state index in [-0.39, 0.29) is 0 Å². The molecule has 1 aromatic carbocycles. The first kappa shape index (κ1) is 19.8. The van der Waals surface area contributed by atoms with E-state index in [0.717, 1.165) is 57.0 Å². The average Bonchev–Trinajstić information content (AvgIpc) is 3.27. The number of fused-ring (bicyclic) bond motifs is 1. The summed E-state index contributed by atoms with van der Waals surface area (Å²) in [5.41, 5.74) is 1.22. The molecule has 2 fully saturated rings. The van der Waals surface area contributed by atoms with Crippen LogP contribution in [0.15, 0.2) is 53.2 Å². The predicted molar refractivity (Wildman–Crippen MR) is 114 cm³/mol. The zero-order chi connectivity index (χ0) is 20.1. The highest BCUT2D eigenvalue weighted by molar-refractivity contribution is 5.77. The van der Waals surface area contributed by atoms with Gasteiger partial charge in [-0.15, -0.1) is 0 Å². The molecule has 0 N–H and O–H groups in total. The van der Waals surface area contributed by atoms with E-state index < -0.39 is 0 Å². The van der Waals surface area contributed by atoms with E-state index in [9.17, 15) is 4.79 Å². The Bertz CT molecular complexity index is 830. The fraction of sp³-hybridized carbons (Fsp3) is 0.458. The van der Waals surface area contributed by atoms with E-state index in [0.29, 0.717) is 24.3 Å². The van der Waals surface area contributed by atoms with Crippen molar-refractivity contribution in [2.75, 3.05) is 33.3 Å². The second kappa shape index (κ2) is 9.31. The molecule has 0 spiro atoms. The number of benzene rings is 1. The largest absolute Gasteiger partial charge is 0.497 e. The molecular formula is C24H30N2O3. The number of hydrogen-bond acceptors (Lipinski definition) is 4. The van der Waals surface area contributed by atoms with Gasteiger partial charge < -0.3 is 14.1 Å². The molecule has 2 aliphatic heterocycles. The maximum atomic E-state index is 12.6. The van der Waals surface area contributed by atoms with E-state index in [4.69, 9.17) is 9.15 Å². The van der Waals surface area contributed by atoms with Crippen molar-refractivity contribution in [3.8, 4) is 5.75 Å². The van der Waals surface area contributed by atoms with Crippen molar-refractivity contribution in [3.63, 3.8) is 0 Å². The Balaban J connectivity index is 1.32. The molecule has 29 heavy (non-hydrogen) atoms. The predicted octanol–water partition coefficient (Wildman–Crippen LogP) is 3.86. The fourth-order valence-electron chi connectivity index (χ4n) is 4.66. The third-order valence-electron chi connectivity index (χ3n) is 6.19. The van der Waals surface area contributed by atoms with Gasteiger partial charge in [0.25, 0.3) is 0 Å². The topological polar surface area (TPSA) is 45.9 Å². The van der Waals surface area contributed by atoms with Crippen LogP contribution in [-0.2, 0) is 11.2 Å². The molecule has 2 saturated heterocycles. The van der Waals surface area contributed by atoms with Gasteiger partial charge in [-0.2, -0.15) is 0 Å². The number of methoxy groups -OCH3 is 1. The van der Waals surface area contributed by atoms with Crippen LogP contribution in [0, 0.1) is 5.92 Å². The first-order valence-corrected chi connectivity index (χ1v) is 10.6. The Morgan fingerprint density at radius 1 is 1.24 bits per heavy atom. The number of hydrogen-bond donors (Lipinski definition) is 0. The summed E-state index contributed by atoms with van der Waals surface area (Å²) in [7, 11) is 1.69. The van der Waals surface area contributed by atoms with Crippen molar-refractivity contribution in [3.05, 3.63) is 60.1 Å². The van der Waals surface area contributed by atoms with Gasteiger partial charge in [0.1, 0.15) is 11.5 Å². The Morgan fingerprint density at radius 2 is 2.17 bits per heavy atom. The van der Waals surface area contributed by atoms with Crippen molar-refractivity contribution >= 4 is 12.0 Å². The number of piperidine rings is 2. The molecule has 5 nitrogen and oxygen atoms in total. The Morgan fingerprint density at radius 3 is 3.00 bits per heavy atom. The number of carbonyl (C=O) groups is 1. The van der Waals surface area contributed by atoms with Gasteiger partial charge in [0, 0.05) is 38.6 Å². The summed E-state index contributed by atoms with van der Waals surface area (Å²) >= 11 is 0. The molecule has 0 aliphatic carbocycles. The number of rotatable bonds is 7. The quantitative estimate of drug-likeness (QED) is 0.715. The third kappa shape index (κ3) is 4.91. The molecule has 2 aliphatic rings. The zero-order valence-electron chi connectivity index (χ0n) is 17.1. The van der Waals surface area contributed by atoms with E-state index >= 15 is 0 Å². The molecule has 0 radical (unpaired) electrons. The van der Waals surface area contributed by atoms with Crippen LogP contribution < -0.4 is 4.74 Å². The van der Waals surface area contributed by atoms with Gasteiger partial charge in [0.2, 0.25) is 5.91 Å². The second-order valence-electron chi connectivity index (χ2n) is 8.02. The van der Waals surface area contributed by atoms with Crippen molar-refractivity contribution in [2.24, 2.45) is 5.92 Å². The SMILES string of the molecule is COc1cccc(CCN2C(=O)CC[C@H]3CN(C/C=C/c4ccco4)CC[C@H]32)c1. The van der Waals surface area contributed by atoms with Gasteiger partial charge in [-0.25, -0.2) is 0 Å². The van der Waals surface area contributed by atoms with E-state index in [1.54, 1.807) is 13.4 Å². The molecule has 154 valence electrons. The van der Waals surface area contributed by atoms with Gasteiger partial charge in [-0.1, -0.05) is 18.2 Å². The van der Waals surface area contributed by atoms with E-state index in [1.165, 1.54) is 5.56 Å². The summed E-state index contributed by atoms with van der Waals surface area (Å²) in [5, 5.41) is 0. The van der Waals surface area contributed by atoms with Crippen LogP contribution in [0.5, 0.6) is 5.75 Å². The molecule has 0 unspecified atom stereocenters. The minimum atomic E-state index is 0.320. The maximum Gasteiger partial charge on any atom is 0.222 e. The number of amides is 1. The summed E-state index contributed by atoms with van der Waals surface area (Å²) in [6.45, 7) is 3.83. The lowest BCUT2D eigenvalue weighted by Crippen LogP contribution is -2.56. The highest BCUT2D eigenvalue weighted by atomic mass is 16.5. The van der Waals surface area contributed by atoms with Crippen LogP contribution in [0.2, 0.25) is 0 Å². The normalized spacial score (nSPS) is 22.8. The van der Waals surface area contributed by atoms with Crippen molar-refractivity contribution in [2.45, 2.75) is 31.7 Å². The van der Waals surface area contributed by atoms with Gasteiger partial charge in [0.05, 0.1) is 13.4 Å². The van der Waals surface area contributed by atoms with Crippen LogP contribution in [-0.4, -0.2) is 55.0 Å². The number of carbonyl (C=O) groups excluding carboxylic acids is 1. The van der Waals surface area contributed by atoms with Crippen LogP contribution in [0.1, 0.15) is 30.6 Å². The minimum absolute atomic E-state index is 0.320. The van der Waals surface area contributed by atoms with Gasteiger partial charge in [0.15, 0.2) is 0 Å². The lowest BCUT2D eigenvalue weighted by atomic mass is 9.83. The summed E-state index contributed by atoms with van der Waals surface area (Å²) in [6, 6.07) is 12.4. The molecule has 0 saturated carbocycles. The Labute approximate surface area is 172 Å². The number of likely N-dealkylation sites (tertiary alicyclic amines) is 2. The standard InChI is InChI=1S/C24H30N2O3/c1-28-22-6-2-5-19(17-22)11-15-26-23-12-14-25(18-20(23)9-10-24(26)27)13-3-7-21-8-4-16-29-21/h2-8,16-17,20,23H,9-15,18H2,1H3/b7-3+/t20-,23+/m0/s1. The van der Waals surface area contributed by atoms with Gasteiger partial charge >= 0.3 is 0 Å². The lowest BCUT2D eigenvalue weighted by molar-refractivity contribution is -0.140. The van der Waals surface area contributed by atoms with Crippen LogP contribution in [0.25, 0.3) is 6.08 Å². The summed E-state index contributed by atoms with van der Waals surface area (Å²) in [6.07, 6.45) is 9.53. The van der Waals surface area contributed by atoms with E-state index in [2.05, 4.69) is 28.0 Å². The average molecular weight is 395 g/mol. The monoisotopic (exact) mass is 394 g/mol. The van der Waals surface area contributed by atoms with Crippen LogP contribution in [0.4, 0.5) is 0 Å². The number of nitrogens with zero attached hydrogens (tertiary/aromatic N) is 2. The first-order chi connectivity index (χ1) is 14.2. The summed E-state index contributed by atoms with van der Waals surface area (Å²) < 4.78 is 10.7. The smallest absolute Gasteiger partial charge is 0.222 e. The summed E-state index contributed by atoms with van der Waals surface area (Å²) in [5.74, 6) is 2.66. The molecular weight excluding hydrogens is 364 g/mol. The minimum Gasteiger partial charge on any atom is -0.497 e. The van der Waals surface area contributed by atoms with Crippen LogP contribution >= 0.6 is 0 Å². The molecule has 2 atom stereocenters. The zero-order valence-corrected chi connectivity index (χ0v) is 17.1. The fourth-order valence-corrected chi connectivity index (χ4v) is 4.66. The van der Waals surface area contributed by atoms with Crippen LogP contribution in [0.3, 0.4) is 0 Å². The summed E-state index contributed by atoms with van der Waals surface area (Å²) in [4.78, 5) is 17.3. The Kier molecular flexibility index (Phi) is 6.35. The first-order valence-electron chi connectivity index (χ1n) is 10.6. The molecule has 1 amide bonds. The molecule has 5 heteroatoms. The Hall–Kier alpha value is -2.53.